The molecule has 0 bridgehead atoms. The average Bonchev–Trinajstić information content (AvgIpc) is 2.74. The molecule has 2 aromatic rings. The minimum absolute atomic E-state index is 0.160. The Morgan fingerprint density at radius 2 is 1.73 bits per heavy atom. The zero-order valence-corrected chi connectivity index (χ0v) is 17.1. The molecular weight excluding hydrogens is 395 g/mol. The first-order valence-corrected chi connectivity index (χ1v) is 9.81. The molecule has 1 amide bonds. The van der Waals surface area contributed by atoms with Crippen molar-refractivity contribution in [2.24, 2.45) is 0 Å². The summed E-state index contributed by atoms with van der Waals surface area (Å²) in [5, 5.41) is 2.71. The third-order valence-corrected chi connectivity index (χ3v) is 5.21. The van der Waals surface area contributed by atoms with E-state index in [1.54, 1.807) is 0 Å². The fraction of sp³-hybridized carbons (Fsp3) is 0.409. The van der Waals surface area contributed by atoms with Crippen LogP contribution in [0.2, 0.25) is 0 Å². The van der Waals surface area contributed by atoms with Gasteiger partial charge in [0.1, 0.15) is 0 Å². The number of ether oxygens (including phenoxy) is 1. The molecule has 1 fully saturated rings. The van der Waals surface area contributed by atoms with Crippen molar-refractivity contribution in [2.75, 3.05) is 51.8 Å². The van der Waals surface area contributed by atoms with Crippen LogP contribution in [0.1, 0.15) is 27.5 Å². The molecule has 5 nitrogen and oxygen atoms in total. The fourth-order valence-corrected chi connectivity index (χ4v) is 3.55. The molecule has 0 spiro atoms. The van der Waals surface area contributed by atoms with Gasteiger partial charge in [-0.15, -0.1) is 0 Å². The first kappa shape index (κ1) is 22.1. The van der Waals surface area contributed by atoms with Gasteiger partial charge in [0, 0.05) is 39.4 Å². The van der Waals surface area contributed by atoms with Crippen LogP contribution in [0.25, 0.3) is 0 Å². The van der Waals surface area contributed by atoms with Crippen molar-refractivity contribution in [1.29, 1.82) is 0 Å². The van der Waals surface area contributed by atoms with Gasteiger partial charge in [0.2, 0.25) is 0 Å². The predicted molar refractivity (Wildman–Crippen MR) is 110 cm³/mol. The summed E-state index contributed by atoms with van der Waals surface area (Å²) in [5.74, 6) is -0.730. The van der Waals surface area contributed by atoms with Crippen molar-refractivity contribution in [3.63, 3.8) is 0 Å². The second kappa shape index (κ2) is 9.49. The van der Waals surface area contributed by atoms with Crippen LogP contribution in [0.3, 0.4) is 0 Å². The number of carbonyl (C=O) groups is 1. The summed E-state index contributed by atoms with van der Waals surface area (Å²) in [6.07, 6.45) is -4.58. The third-order valence-electron chi connectivity index (χ3n) is 5.21. The van der Waals surface area contributed by atoms with Crippen LogP contribution in [-0.2, 0) is 10.9 Å². The summed E-state index contributed by atoms with van der Waals surface area (Å²) in [6, 6.07) is 12.6. The number of nitrogens with zero attached hydrogens (tertiary/aromatic N) is 2. The van der Waals surface area contributed by atoms with E-state index in [0.29, 0.717) is 26.3 Å². The van der Waals surface area contributed by atoms with E-state index in [0.717, 1.165) is 17.3 Å². The summed E-state index contributed by atoms with van der Waals surface area (Å²) in [4.78, 5) is 16.8. The van der Waals surface area contributed by atoms with E-state index in [1.807, 2.05) is 43.3 Å². The van der Waals surface area contributed by atoms with E-state index in [4.69, 9.17) is 4.74 Å². The number of hydrogen-bond donors (Lipinski definition) is 1. The van der Waals surface area contributed by atoms with Gasteiger partial charge in [0.15, 0.2) is 0 Å². The molecule has 0 aromatic heterocycles. The number of carbonyl (C=O) groups excluding carboxylic acids is 1. The highest BCUT2D eigenvalue weighted by molar-refractivity contribution is 5.95. The Balaban J connectivity index is 1.79. The van der Waals surface area contributed by atoms with Gasteiger partial charge >= 0.3 is 6.18 Å². The van der Waals surface area contributed by atoms with E-state index in [1.165, 1.54) is 18.2 Å². The van der Waals surface area contributed by atoms with E-state index < -0.39 is 17.6 Å². The van der Waals surface area contributed by atoms with Crippen LogP contribution < -0.4 is 10.2 Å². The number of anilines is 1. The second-order valence-electron chi connectivity index (χ2n) is 7.40. The van der Waals surface area contributed by atoms with Gasteiger partial charge in [-0.05, 0) is 29.8 Å². The third kappa shape index (κ3) is 5.31. The van der Waals surface area contributed by atoms with Crippen LogP contribution in [0, 0.1) is 0 Å². The highest BCUT2D eigenvalue weighted by Crippen LogP contribution is 2.32. The maximum absolute atomic E-state index is 13.3. The van der Waals surface area contributed by atoms with E-state index in [9.17, 15) is 18.0 Å². The smallest absolute Gasteiger partial charge is 0.379 e. The molecular formula is C22H26F3N3O2. The Labute approximate surface area is 174 Å². The Morgan fingerprint density at radius 1 is 1.10 bits per heavy atom. The van der Waals surface area contributed by atoms with Crippen LogP contribution >= 0.6 is 0 Å². The van der Waals surface area contributed by atoms with Gasteiger partial charge in [0.05, 0.1) is 30.4 Å². The molecule has 3 rings (SSSR count). The molecule has 0 saturated carbocycles. The normalized spacial score (nSPS) is 16.2. The van der Waals surface area contributed by atoms with Crippen LogP contribution in [0.5, 0.6) is 0 Å². The van der Waals surface area contributed by atoms with Gasteiger partial charge in [-0.25, -0.2) is 0 Å². The molecule has 0 radical (unpaired) electrons. The standard InChI is InChI=1S/C22H26F3N3O2/c1-27(2)17-9-7-16(8-10-17)20(28-11-13-30-14-12-28)15-26-21(29)18-5-3-4-6-19(18)22(23,24)25/h3-10,20H,11-15H2,1-2H3,(H,26,29)/t20-/m1/s1. The van der Waals surface area contributed by atoms with Gasteiger partial charge in [-0.3, -0.25) is 9.69 Å². The van der Waals surface area contributed by atoms with Gasteiger partial charge in [0.25, 0.3) is 5.91 Å². The lowest BCUT2D eigenvalue weighted by atomic mass is 10.0. The number of halogens is 3. The quantitative estimate of drug-likeness (QED) is 0.775. The van der Waals surface area contributed by atoms with Crippen molar-refractivity contribution >= 4 is 11.6 Å². The zero-order chi connectivity index (χ0) is 21.7. The Bertz CT molecular complexity index is 847. The molecule has 1 saturated heterocycles. The Kier molecular flexibility index (Phi) is 6.99. The largest absolute Gasteiger partial charge is 0.417 e. The number of nitrogens with one attached hydrogen (secondary N) is 1. The monoisotopic (exact) mass is 421 g/mol. The topological polar surface area (TPSA) is 44.8 Å². The Morgan fingerprint density at radius 3 is 2.33 bits per heavy atom. The first-order chi connectivity index (χ1) is 14.3. The van der Waals surface area contributed by atoms with Gasteiger partial charge < -0.3 is 15.0 Å². The number of benzene rings is 2. The van der Waals surface area contributed by atoms with Gasteiger partial charge in [-0.1, -0.05) is 24.3 Å². The molecule has 2 aromatic carbocycles. The van der Waals surface area contributed by atoms with Crippen molar-refractivity contribution < 1.29 is 22.7 Å². The maximum Gasteiger partial charge on any atom is 0.417 e. The zero-order valence-electron chi connectivity index (χ0n) is 17.1. The van der Waals surface area contributed by atoms with E-state index in [-0.39, 0.29) is 18.2 Å². The fourth-order valence-electron chi connectivity index (χ4n) is 3.55. The number of morpholine rings is 1. The van der Waals surface area contributed by atoms with Crippen molar-refractivity contribution in [3.05, 3.63) is 65.2 Å². The highest BCUT2D eigenvalue weighted by atomic mass is 19.4. The van der Waals surface area contributed by atoms with E-state index in [2.05, 4.69) is 10.2 Å². The first-order valence-electron chi connectivity index (χ1n) is 9.81. The molecule has 0 unspecified atom stereocenters. The van der Waals surface area contributed by atoms with Crippen LogP contribution in [0.4, 0.5) is 18.9 Å². The lowest BCUT2D eigenvalue weighted by Crippen LogP contribution is -2.44. The van der Waals surface area contributed by atoms with Crippen LogP contribution in [-0.4, -0.2) is 57.8 Å². The predicted octanol–water partition coefficient (Wildman–Crippen LogP) is 3.57. The van der Waals surface area contributed by atoms with Crippen molar-refractivity contribution in [2.45, 2.75) is 12.2 Å². The minimum Gasteiger partial charge on any atom is -0.379 e. The molecule has 1 N–H and O–H groups in total. The van der Waals surface area contributed by atoms with Gasteiger partial charge in [-0.2, -0.15) is 13.2 Å². The molecule has 1 aliphatic rings. The van der Waals surface area contributed by atoms with E-state index >= 15 is 0 Å². The maximum atomic E-state index is 13.3. The molecule has 30 heavy (non-hydrogen) atoms. The molecule has 162 valence electrons. The molecule has 1 atom stereocenters. The lowest BCUT2D eigenvalue weighted by Gasteiger charge is -2.35. The summed E-state index contributed by atoms with van der Waals surface area (Å²) in [5.41, 5.74) is 0.740. The summed E-state index contributed by atoms with van der Waals surface area (Å²) in [6.45, 7) is 2.74. The molecule has 1 heterocycles. The van der Waals surface area contributed by atoms with Crippen LogP contribution in [0.15, 0.2) is 48.5 Å². The second-order valence-corrected chi connectivity index (χ2v) is 7.40. The SMILES string of the molecule is CN(C)c1ccc([C@@H](CNC(=O)c2ccccc2C(F)(F)F)N2CCOCC2)cc1. The number of alkyl halides is 3. The number of amides is 1. The molecule has 1 aliphatic heterocycles. The average molecular weight is 421 g/mol. The number of rotatable bonds is 6. The molecule has 8 heteroatoms. The Hall–Kier alpha value is -2.58. The number of hydrogen-bond acceptors (Lipinski definition) is 4. The summed E-state index contributed by atoms with van der Waals surface area (Å²) >= 11 is 0. The summed E-state index contributed by atoms with van der Waals surface area (Å²) < 4.78 is 45.2. The minimum atomic E-state index is -4.58. The van der Waals surface area contributed by atoms with Crippen molar-refractivity contribution in [1.82, 2.24) is 10.2 Å². The lowest BCUT2D eigenvalue weighted by molar-refractivity contribution is -0.137. The molecule has 0 aliphatic carbocycles. The summed E-state index contributed by atoms with van der Waals surface area (Å²) in [7, 11) is 3.90. The van der Waals surface area contributed by atoms with Crippen molar-refractivity contribution in [3.8, 4) is 0 Å². The highest BCUT2D eigenvalue weighted by Gasteiger charge is 2.35.